The molecular weight excluding hydrogens is 232 g/mol. The van der Waals surface area contributed by atoms with Crippen LogP contribution in [0.3, 0.4) is 0 Å². The van der Waals surface area contributed by atoms with Gasteiger partial charge in [0.15, 0.2) is 5.13 Å². The Bertz CT molecular complexity index is 328. The lowest BCUT2D eigenvalue weighted by Crippen LogP contribution is -2.49. The minimum atomic E-state index is 0.643. The smallest absolute Gasteiger partial charge is 0.185 e. The van der Waals surface area contributed by atoms with Crippen molar-refractivity contribution in [2.24, 2.45) is 0 Å². The summed E-state index contributed by atoms with van der Waals surface area (Å²) in [6.45, 7) is 4.56. The lowest BCUT2D eigenvalue weighted by Gasteiger charge is -2.38. The highest BCUT2D eigenvalue weighted by Gasteiger charge is 2.30. The van der Waals surface area contributed by atoms with Crippen LogP contribution in [0.15, 0.2) is 11.6 Å². The van der Waals surface area contributed by atoms with Crippen molar-refractivity contribution in [3.63, 3.8) is 0 Å². The van der Waals surface area contributed by atoms with Crippen LogP contribution in [-0.4, -0.2) is 43.2 Å². The lowest BCUT2D eigenvalue weighted by atomic mass is 10.0. The van der Waals surface area contributed by atoms with Crippen LogP contribution in [0, 0.1) is 0 Å². The van der Waals surface area contributed by atoms with Crippen LogP contribution in [-0.2, 0) is 0 Å². The Morgan fingerprint density at radius 2 is 1.88 bits per heavy atom. The summed E-state index contributed by atoms with van der Waals surface area (Å²) >= 11 is 1.78. The number of thiazole rings is 1. The van der Waals surface area contributed by atoms with Crippen LogP contribution >= 0.6 is 11.3 Å². The van der Waals surface area contributed by atoms with E-state index in [1.807, 2.05) is 6.20 Å². The van der Waals surface area contributed by atoms with Crippen LogP contribution in [0.2, 0.25) is 0 Å². The first-order valence-electron chi connectivity index (χ1n) is 6.54. The number of nitrogens with one attached hydrogen (secondary N) is 2. The Labute approximate surface area is 106 Å². The van der Waals surface area contributed by atoms with Crippen molar-refractivity contribution in [3.05, 3.63) is 11.6 Å². The molecule has 0 aromatic carbocycles. The quantitative estimate of drug-likeness (QED) is 0.844. The Hall–Kier alpha value is -0.650. The summed E-state index contributed by atoms with van der Waals surface area (Å²) in [7, 11) is 0. The zero-order valence-electron chi connectivity index (χ0n) is 10.1. The SMILES string of the molecule is c1csc(N(C2CCNCC2)C2CCNC2)n1. The van der Waals surface area contributed by atoms with E-state index in [0.29, 0.717) is 12.1 Å². The largest absolute Gasteiger partial charge is 0.341 e. The summed E-state index contributed by atoms with van der Waals surface area (Å²) in [5.41, 5.74) is 0. The second-order valence-electron chi connectivity index (χ2n) is 4.85. The maximum atomic E-state index is 4.53. The van der Waals surface area contributed by atoms with Gasteiger partial charge in [-0.2, -0.15) is 0 Å². The average molecular weight is 252 g/mol. The molecule has 2 fully saturated rings. The van der Waals surface area contributed by atoms with E-state index in [0.717, 1.165) is 26.2 Å². The van der Waals surface area contributed by atoms with E-state index in [4.69, 9.17) is 0 Å². The molecule has 2 N–H and O–H groups in total. The van der Waals surface area contributed by atoms with E-state index in [9.17, 15) is 0 Å². The first-order chi connectivity index (χ1) is 8.45. The number of anilines is 1. The molecule has 2 aliphatic heterocycles. The molecule has 2 saturated heterocycles. The standard InChI is InChI=1S/C12H20N4S/c1-4-13-5-2-10(1)16(11-3-6-14-9-11)12-15-7-8-17-12/h7-8,10-11,13-14H,1-6,9H2. The molecule has 0 aliphatic carbocycles. The summed E-state index contributed by atoms with van der Waals surface area (Å²) in [4.78, 5) is 7.12. The number of rotatable bonds is 3. The number of hydrogen-bond donors (Lipinski definition) is 2. The molecular formula is C12H20N4S. The van der Waals surface area contributed by atoms with E-state index >= 15 is 0 Å². The van der Waals surface area contributed by atoms with Crippen LogP contribution in [0.5, 0.6) is 0 Å². The van der Waals surface area contributed by atoms with Crippen molar-refractivity contribution < 1.29 is 0 Å². The third kappa shape index (κ3) is 2.46. The van der Waals surface area contributed by atoms with E-state index in [1.165, 1.54) is 24.4 Å². The first-order valence-corrected chi connectivity index (χ1v) is 7.42. The van der Waals surface area contributed by atoms with Crippen molar-refractivity contribution in [1.82, 2.24) is 15.6 Å². The number of nitrogens with zero attached hydrogens (tertiary/aromatic N) is 2. The Morgan fingerprint density at radius 1 is 1.12 bits per heavy atom. The van der Waals surface area contributed by atoms with Crippen molar-refractivity contribution in [2.75, 3.05) is 31.1 Å². The molecule has 0 radical (unpaired) electrons. The molecule has 0 amide bonds. The predicted molar refractivity (Wildman–Crippen MR) is 71.8 cm³/mol. The fraction of sp³-hybridized carbons (Fsp3) is 0.750. The van der Waals surface area contributed by atoms with Gasteiger partial charge in [0.1, 0.15) is 0 Å². The predicted octanol–water partition coefficient (Wildman–Crippen LogP) is 1.06. The molecule has 0 saturated carbocycles. The summed E-state index contributed by atoms with van der Waals surface area (Å²) in [5.74, 6) is 0. The molecule has 0 bridgehead atoms. The summed E-state index contributed by atoms with van der Waals surface area (Å²) in [6.07, 6.45) is 5.67. The monoisotopic (exact) mass is 252 g/mol. The van der Waals surface area contributed by atoms with Crippen molar-refractivity contribution in [1.29, 1.82) is 0 Å². The van der Waals surface area contributed by atoms with Crippen molar-refractivity contribution in [2.45, 2.75) is 31.3 Å². The third-order valence-electron chi connectivity index (χ3n) is 3.77. The van der Waals surface area contributed by atoms with E-state index in [2.05, 4.69) is 25.9 Å². The number of piperidine rings is 1. The zero-order chi connectivity index (χ0) is 11.5. The maximum Gasteiger partial charge on any atom is 0.185 e. The van der Waals surface area contributed by atoms with E-state index < -0.39 is 0 Å². The van der Waals surface area contributed by atoms with E-state index in [-0.39, 0.29) is 0 Å². The molecule has 94 valence electrons. The normalized spacial score (nSPS) is 26.2. The van der Waals surface area contributed by atoms with Crippen LogP contribution in [0.4, 0.5) is 5.13 Å². The molecule has 4 nitrogen and oxygen atoms in total. The van der Waals surface area contributed by atoms with Gasteiger partial charge in [0.25, 0.3) is 0 Å². The van der Waals surface area contributed by atoms with Gasteiger partial charge in [-0.15, -0.1) is 11.3 Å². The highest BCUT2D eigenvalue weighted by atomic mass is 32.1. The highest BCUT2D eigenvalue weighted by molar-refractivity contribution is 7.13. The molecule has 3 heterocycles. The van der Waals surface area contributed by atoms with Crippen LogP contribution < -0.4 is 15.5 Å². The van der Waals surface area contributed by atoms with Gasteiger partial charge in [0.2, 0.25) is 0 Å². The van der Waals surface area contributed by atoms with Crippen molar-refractivity contribution in [3.8, 4) is 0 Å². The molecule has 5 heteroatoms. The Kier molecular flexibility index (Phi) is 3.59. The van der Waals surface area contributed by atoms with Gasteiger partial charge in [0.05, 0.1) is 0 Å². The van der Waals surface area contributed by atoms with Gasteiger partial charge in [-0.1, -0.05) is 0 Å². The summed E-state index contributed by atoms with van der Waals surface area (Å²) in [5, 5.41) is 10.2. The van der Waals surface area contributed by atoms with Gasteiger partial charge < -0.3 is 15.5 Å². The lowest BCUT2D eigenvalue weighted by molar-refractivity contribution is 0.405. The van der Waals surface area contributed by atoms with Gasteiger partial charge in [-0.25, -0.2) is 4.98 Å². The molecule has 17 heavy (non-hydrogen) atoms. The van der Waals surface area contributed by atoms with Gasteiger partial charge in [-0.3, -0.25) is 0 Å². The fourth-order valence-corrected chi connectivity index (χ4v) is 3.70. The molecule has 1 atom stereocenters. The topological polar surface area (TPSA) is 40.2 Å². The minimum absolute atomic E-state index is 0.643. The Balaban J connectivity index is 1.79. The number of hydrogen-bond acceptors (Lipinski definition) is 5. The first kappa shape index (κ1) is 11.4. The minimum Gasteiger partial charge on any atom is -0.341 e. The van der Waals surface area contributed by atoms with E-state index in [1.54, 1.807) is 11.3 Å². The molecule has 1 aromatic rings. The molecule has 0 spiro atoms. The van der Waals surface area contributed by atoms with Crippen LogP contribution in [0.1, 0.15) is 19.3 Å². The second-order valence-corrected chi connectivity index (χ2v) is 5.72. The molecule has 1 unspecified atom stereocenters. The molecule has 3 rings (SSSR count). The maximum absolute atomic E-state index is 4.53. The highest BCUT2D eigenvalue weighted by Crippen LogP contribution is 2.28. The molecule has 2 aliphatic rings. The van der Waals surface area contributed by atoms with Gasteiger partial charge in [-0.05, 0) is 38.9 Å². The molecule has 1 aromatic heterocycles. The van der Waals surface area contributed by atoms with Gasteiger partial charge >= 0.3 is 0 Å². The van der Waals surface area contributed by atoms with Gasteiger partial charge in [0, 0.05) is 30.2 Å². The summed E-state index contributed by atoms with van der Waals surface area (Å²) in [6, 6.07) is 1.32. The second kappa shape index (κ2) is 5.33. The zero-order valence-corrected chi connectivity index (χ0v) is 10.9. The van der Waals surface area contributed by atoms with Crippen molar-refractivity contribution >= 4 is 16.5 Å². The van der Waals surface area contributed by atoms with Crippen LogP contribution in [0.25, 0.3) is 0 Å². The Morgan fingerprint density at radius 3 is 2.53 bits per heavy atom. The summed E-state index contributed by atoms with van der Waals surface area (Å²) < 4.78 is 0. The number of aromatic nitrogens is 1. The fourth-order valence-electron chi connectivity index (χ4n) is 2.92. The third-order valence-corrected chi connectivity index (χ3v) is 4.55. The average Bonchev–Trinajstić information content (AvgIpc) is 3.04.